The minimum Gasteiger partial charge on any atom is -0.313 e. The van der Waals surface area contributed by atoms with E-state index in [4.69, 9.17) is 0 Å². The molecule has 10 heavy (non-hydrogen) atoms. The van der Waals surface area contributed by atoms with Gasteiger partial charge in [-0.1, -0.05) is 6.92 Å². The fourth-order valence-electron chi connectivity index (χ4n) is 1.36. The summed E-state index contributed by atoms with van der Waals surface area (Å²) in [6.07, 6.45) is 2.34. The van der Waals surface area contributed by atoms with Crippen molar-refractivity contribution in [2.75, 3.05) is 6.54 Å². The molecule has 1 saturated heterocycles. The molecule has 1 rings (SSSR count). The Morgan fingerprint density at radius 3 is 2.50 bits per heavy atom. The Hall–Kier alpha value is -0.0800. The van der Waals surface area contributed by atoms with Gasteiger partial charge in [-0.15, -0.1) is 0 Å². The minimum atomic E-state index is 0.00646. The van der Waals surface area contributed by atoms with Crippen molar-refractivity contribution in [1.29, 1.82) is 0 Å². The molecule has 0 aromatic rings. The fourth-order valence-corrected chi connectivity index (χ4v) is 1.36. The molecule has 0 radical (unpaired) electrons. The quantitative estimate of drug-likeness (QED) is 0.559. The zero-order chi connectivity index (χ0) is 7.78. The first-order chi connectivity index (χ1) is 4.52. The van der Waals surface area contributed by atoms with Crippen molar-refractivity contribution in [2.24, 2.45) is 5.92 Å². The van der Waals surface area contributed by atoms with Crippen LogP contribution in [-0.4, -0.2) is 22.4 Å². The summed E-state index contributed by atoms with van der Waals surface area (Å²) in [7, 11) is 0. The summed E-state index contributed by atoms with van der Waals surface area (Å²) < 4.78 is 0. The molecule has 60 valence electrons. The lowest BCUT2D eigenvalue weighted by Crippen LogP contribution is -2.47. The van der Waals surface area contributed by atoms with Crippen LogP contribution in [0.4, 0.5) is 0 Å². The number of hydrogen-bond donors (Lipinski definition) is 1. The van der Waals surface area contributed by atoms with Crippen LogP contribution in [0.1, 0.15) is 33.6 Å². The first-order valence-electron chi connectivity index (χ1n) is 3.99. The highest BCUT2D eigenvalue weighted by molar-refractivity contribution is 4.82. The summed E-state index contributed by atoms with van der Waals surface area (Å²) in [5.41, 5.74) is 0.00646. The molecule has 0 saturated carbocycles. The van der Waals surface area contributed by atoms with E-state index in [1.807, 2.05) is 0 Å². The average molecular weight is 143 g/mol. The zero-order valence-electron chi connectivity index (χ0n) is 7.09. The van der Waals surface area contributed by atoms with E-state index < -0.39 is 0 Å². The first-order valence-corrected chi connectivity index (χ1v) is 3.99. The summed E-state index contributed by atoms with van der Waals surface area (Å²) in [5, 5.41) is 10.9. The van der Waals surface area contributed by atoms with E-state index in [2.05, 4.69) is 20.8 Å². The summed E-state index contributed by atoms with van der Waals surface area (Å²) in [4.78, 5) is 0. The van der Waals surface area contributed by atoms with Gasteiger partial charge < -0.3 is 5.21 Å². The topological polar surface area (TPSA) is 23.5 Å². The molecule has 1 heterocycles. The zero-order valence-corrected chi connectivity index (χ0v) is 7.09. The highest BCUT2D eigenvalue weighted by atomic mass is 16.5. The van der Waals surface area contributed by atoms with E-state index in [0.29, 0.717) is 5.92 Å². The van der Waals surface area contributed by atoms with Crippen molar-refractivity contribution in [1.82, 2.24) is 5.06 Å². The van der Waals surface area contributed by atoms with Gasteiger partial charge in [0.25, 0.3) is 0 Å². The smallest absolute Gasteiger partial charge is 0.0404 e. The van der Waals surface area contributed by atoms with Crippen molar-refractivity contribution in [3.63, 3.8) is 0 Å². The number of piperidine rings is 1. The molecule has 1 fully saturated rings. The van der Waals surface area contributed by atoms with Crippen LogP contribution in [-0.2, 0) is 0 Å². The standard InChI is InChI=1S/C8H17NO/c1-7-4-5-8(2,3)9(10)6-7/h7,10H,4-6H2,1-3H3. The molecule has 2 nitrogen and oxygen atoms in total. The van der Waals surface area contributed by atoms with Gasteiger partial charge in [0.1, 0.15) is 0 Å². The van der Waals surface area contributed by atoms with Crippen molar-refractivity contribution in [3.05, 3.63) is 0 Å². The fraction of sp³-hybridized carbons (Fsp3) is 1.00. The van der Waals surface area contributed by atoms with Gasteiger partial charge in [0.05, 0.1) is 0 Å². The molecule has 0 aromatic heterocycles. The monoisotopic (exact) mass is 143 g/mol. The maximum atomic E-state index is 9.44. The summed E-state index contributed by atoms with van der Waals surface area (Å²) in [6, 6.07) is 0. The highest BCUT2D eigenvalue weighted by Gasteiger charge is 2.31. The Morgan fingerprint density at radius 2 is 2.10 bits per heavy atom. The molecule has 1 aliphatic heterocycles. The van der Waals surface area contributed by atoms with Crippen molar-refractivity contribution in [3.8, 4) is 0 Å². The van der Waals surface area contributed by atoms with Crippen LogP contribution in [0.5, 0.6) is 0 Å². The van der Waals surface area contributed by atoms with E-state index in [9.17, 15) is 5.21 Å². The number of nitrogens with zero attached hydrogens (tertiary/aromatic N) is 1. The molecule has 0 bridgehead atoms. The highest BCUT2D eigenvalue weighted by Crippen LogP contribution is 2.28. The molecule has 1 N–H and O–H groups in total. The van der Waals surface area contributed by atoms with E-state index in [1.54, 1.807) is 0 Å². The van der Waals surface area contributed by atoms with Crippen LogP contribution in [0.2, 0.25) is 0 Å². The van der Waals surface area contributed by atoms with Gasteiger partial charge in [-0.25, -0.2) is 0 Å². The number of hydroxylamine groups is 2. The molecular formula is C8H17NO. The molecule has 2 heteroatoms. The minimum absolute atomic E-state index is 0.00646. The van der Waals surface area contributed by atoms with Gasteiger partial charge >= 0.3 is 0 Å². The summed E-state index contributed by atoms with van der Waals surface area (Å²) in [6.45, 7) is 7.17. The molecule has 1 unspecified atom stereocenters. The maximum absolute atomic E-state index is 9.44. The van der Waals surface area contributed by atoms with E-state index in [0.717, 1.165) is 13.0 Å². The van der Waals surface area contributed by atoms with Crippen LogP contribution in [0.3, 0.4) is 0 Å². The average Bonchev–Trinajstić information content (AvgIpc) is 1.81. The van der Waals surface area contributed by atoms with E-state index >= 15 is 0 Å². The molecule has 0 amide bonds. The van der Waals surface area contributed by atoms with Crippen molar-refractivity contribution in [2.45, 2.75) is 39.2 Å². The second-order valence-electron chi connectivity index (χ2n) is 4.04. The molecule has 0 aromatic carbocycles. The molecule has 1 atom stereocenters. The third kappa shape index (κ3) is 1.50. The lowest BCUT2D eigenvalue weighted by molar-refractivity contribution is -0.188. The molecule has 0 aliphatic carbocycles. The Labute approximate surface area is 62.8 Å². The van der Waals surface area contributed by atoms with Crippen LogP contribution < -0.4 is 0 Å². The Bertz CT molecular complexity index is 122. The Morgan fingerprint density at radius 1 is 1.50 bits per heavy atom. The van der Waals surface area contributed by atoms with Gasteiger partial charge in [0.15, 0.2) is 0 Å². The van der Waals surface area contributed by atoms with Crippen molar-refractivity contribution < 1.29 is 5.21 Å². The predicted molar refractivity (Wildman–Crippen MR) is 41.0 cm³/mol. The van der Waals surface area contributed by atoms with Gasteiger partial charge in [-0.2, -0.15) is 5.06 Å². The lowest BCUT2D eigenvalue weighted by Gasteiger charge is -2.40. The van der Waals surface area contributed by atoms with Crippen LogP contribution >= 0.6 is 0 Å². The number of hydrogen-bond acceptors (Lipinski definition) is 2. The van der Waals surface area contributed by atoms with E-state index in [-0.39, 0.29) is 5.54 Å². The van der Waals surface area contributed by atoms with Crippen LogP contribution in [0, 0.1) is 5.92 Å². The third-order valence-corrected chi connectivity index (χ3v) is 2.43. The summed E-state index contributed by atoms with van der Waals surface area (Å²) in [5.74, 6) is 0.651. The number of rotatable bonds is 0. The first kappa shape index (κ1) is 8.02. The van der Waals surface area contributed by atoms with Gasteiger partial charge in [0, 0.05) is 12.1 Å². The van der Waals surface area contributed by atoms with Gasteiger partial charge in [-0.3, -0.25) is 0 Å². The normalized spacial score (nSPS) is 34.2. The Kier molecular flexibility index (Phi) is 2.02. The summed E-state index contributed by atoms with van der Waals surface area (Å²) >= 11 is 0. The van der Waals surface area contributed by atoms with Crippen molar-refractivity contribution >= 4 is 0 Å². The molecule has 1 aliphatic rings. The molecular weight excluding hydrogens is 126 g/mol. The van der Waals surface area contributed by atoms with Gasteiger partial charge in [0.2, 0.25) is 0 Å². The predicted octanol–water partition coefficient (Wildman–Crippen LogP) is 1.89. The van der Waals surface area contributed by atoms with Crippen LogP contribution in [0.15, 0.2) is 0 Å². The van der Waals surface area contributed by atoms with Gasteiger partial charge in [-0.05, 0) is 32.6 Å². The third-order valence-electron chi connectivity index (χ3n) is 2.43. The maximum Gasteiger partial charge on any atom is 0.0404 e. The lowest BCUT2D eigenvalue weighted by atomic mass is 9.87. The Balaban J connectivity index is 2.52. The molecule has 0 spiro atoms. The van der Waals surface area contributed by atoms with E-state index in [1.165, 1.54) is 11.5 Å². The second kappa shape index (κ2) is 2.51. The largest absolute Gasteiger partial charge is 0.313 e. The second-order valence-corrected chi connectivity index (χ2v) is 4.04. The van der Waals surface area contributed by atoms with Crippen LogP contribution in [0.25, 0.3) is 0 Å². The SMILES string of the molecule is CC1CCC(C)(C)N(O)C1.